The zero-order valence-electron chi connectivity index (χ0n) is 14.0. The largest absolute Gasteiger partial charge is 0.349 e. The highest BCUT2D eigenvalue weighted by molar-refractivity contribution is 5.96. The fraction of sp³-hybridized carbons (Fsp3) is 0.556. The maximum absolute atomic E-state index is 12.5. The van der Waals surface area contributed by atoms with Crippen molar-refractivity contribution in [3.63, 3.8) is 0 Å². The molecule has 5 nitrogen and oxygen atoms in total. The molecule has 2 saturated carbocycles. The first-order valence-electron chi connectivity index (χ1n) is 8.46. The quantitative estimate of drug-likeness (QED) is 0.779. The molecule has 2 amide bonds. The van der Waals surface area contributed by atoms with E-state index in [0.29, 0.717) is 17.3 Å². The van der Waals surface area contributed by atoms with E-state index in [-0.39, 0.29) is 30.1 Å². The lowest BCUT2D eigenvalue weighted by Gasteiger charge is -2.37. The Hall–Kier alpha value is -1.59. The van der Waals surface area contributed by atoms with Crippen LogP contribution in [0.3, 0.4) is 0 Å². The second kappa shape index (κ2) is 7.53. The highest BCUT2D eigenvalue weighted by atomic mass is 35.5. The lowest BCUT2D eigenvalue weighted by Crippen LogP contribution is -2.51. The van der Waals surface area contributed by atoms with Crippen LogP contribution in [0.1, 0.15) is 55.8 Å². The highest BCUT2D eigenvalue weighted by Crippen LogP contribution is 2.32. The molecule has 2 aliphatic rings. The van der Waals surface area contributed by atoms with Gasteiger partial charge in [0.2, 0.25) is 5.91 Å². The molecule has 132 valence electrons. The number of benzene rings is 1. The Morgan fingerprint density at radius 2 is 1.79 bits per heavy atom. The van der Waals surface area contributed by atoms with Crippen LogP contribution < -0.4 is 16.4 Å². The smallest absolute Gasteiger partial charge is 0.251 e. The molecule has 0 spiro atoms. The van der Waals surface area contributed by atoms with Crippen LogP contribution in [-0.2, 0) is 4.79 Å². The van der Waals surface area contributed by atoms with E-state index < -0.39 is 5.54 Å². The molecule has 0 aromatic heterocycles. The molecule has 4 N–H and O–H groups in total. The van der Waals surface area contributed by atoms with Crippen molar-refractivity contribution < 1.29 is 9.59 Å². The van der Waals surface area contributed by atoms with Crippen LogP contribution in [0, 0.1) is 5.92 Å². The average molecular weight is 352 g/mol. The molecular weight excluding hydrogens is 326 g/mol. The SMILES string of the molecule is CC1(N)CCCCC1C(=O)Nc1ccc(C(=O)NC2CC2)cc1.Cl. The summed E-state index contributed by atoms with van der Waals surface area (Å²) in [5.41, 5.74) is 7.17. The average Bonchev–Trinajstić information content (AvgIpc) is 3.31. The van der Waals surface area contributed by atoms with Crippen LogP contribution in [0.2, 0.25) is 0 Å². The number of halogens is 1. The number of anilines is 1. The summed E-state index contributed by atoms with van der Waals surface area (Å²) in [5, 5.41) is 5.89. The maximum Gasteiger partial charge on any atom is 0.251 e. The summed E-state index contributed by atoms with van der Waals surface area (Å²) < 4.78 is 0. The van der Waals surface area contributed by atoms with Gasteiger partial charge < -0.3 is 16.4 Å². The Balaban J connectivity index is 0.00000208. The van der Waals surface area contributed by atoms with E-state index >= 15 is 0 Å². The van der Waals surface area contributed by atoms with Crippen molar-refractivity contribution in [2.45, 2.75) is 57.0 Å². The van der Waals surface area contributed by atoms with E-state index in [9.17, 15) is 9.59 Å². The molecule has 0 saturated heterocycles. The Labute approximate surface area is 149 Å². The van der Waals surface area contributed by atoms with E-state index in [1.807, 2.05) is 6.92 Å². The molecular formula is C18H26ClN3O2. The minimum atomic E-state index is -0.438. The van der Waals surface area contributed by atoms with Crippen LogP contribution in [-0.4, -0.2) is 23.4 Å². The van der Waals surface area contributed by atoms with Gasteiger partial charge in [0.05, 0.1) is 5.92 Å². The van der Waals surface area contributed by atoms with Crippen LogP contribution in [0.15, 0.2) is 24.3 Å². The standard InChI is InChI=1S/C18H25N3O2.ClH/c1-18(19)11-3-2-4-15(18)17(23)21-13-7-5-12(6-8-13)16(22)20-14-9-10-14;/h5-8,14-15H,2-4,9-11,19H2,1H3,(H,20,22)(H,21,23);1H. The van der Waals surface area contributed by atoms with E-state index in [0.717, 1.165) is 38.5 Å². The van der Waals surface area contributed by atoms with Crippen LogP contribution in [0.5, 0.6) is 0 Å². The number of amides is 2. The van der Waals surface area contributed by atoms with Gasteiger partial charge in [-0.1, -0.05) is 12.8 Å². The normalized spacial score (nSPS) is 26.2. The number of nitrogens with two attached hydrogens (primary N) is 1. The van der Waals surface area contributed by atoms with E-state index in [4.69, 9.17) is 5.73 Å². The van der Waals surface area contributed by atoms with Crippen LogP contribution in [0.25, 0.3) is 0 Å². The molecule has 0 heterocycles. The molecule has 2 unspecified atom stereocenters. The molecule has 0 radical (unpaired) electrons. The predicted octanol–water partition coefficient (Wildman–Crippen LogP) is 2.85. The molecule has 2 aliphatic carbocycles. The van der Waals surface area contributed by atoms with Crippen molar-refractivity contribution in [3.8, 4) is 0 Å². The van der Waals surface area contributed by atoms with Crippen molar-refractivity contribution in [1.82, 2.24) is 5.32 Å². The summed E-state index contributed by atoms with van der Waals surface area (Å²) in [5.74, 6) is -0.230. The van der Waals surface area contributed by atoms with Crippen molar-refractivity contribution >= 4 is 29.9 Å². The first kappa shape index (κ1) is 18.7. The van der Waals surface area contributed by atoms with Gasteiger partial charge in [-0.25, -0.2) is 0 Å². The summed E-state index contributed by atoms with van der Waals surface area (Å²) in [6, 6.07) is 7.38. The monoisotopic (exact) mass is 351 g/mol. The van der Waals surface area contributed by atoms with E-state index in [1.165, 1.54) is 0 Å². The number of carbonyl (C=O) groups is 2. The second-order valence-electron chi connectivity index (χ2n) is 7.12. The minimum absolute atomic E-state index is 0. The summed E-state index contributed by atoms with van der Waals surface area (Å²) >= 11 is 0. The molecule has 1 aromatic rings. The van der Waals surface area contributed by atoms with Gasteiger partial charge >= 0.3 is 0 Å². The third-order valence-electron chi connectivity index (χ3n) is 4.90. The van der Waals surface area contributed by atoms with E-state index in [2.05, 4.69) is 10.6 Å². The lowest BCUT2D eigenvalue weighted by molar-refractivity contribution is -0.122. The molecule has 3 rings (SSSR count). The number of nitrogens with one attached hydrogen (secondary N) is 2. The minimum Gasteiger partial charge on any atom is -0.349 e. The van der Waals surface area contributed by atoms with E-state index in [1.54, 1.807) is 24.3 Å². The molecule has 0 bridgehead atoms. The van der Waals surface area contributed by atoms with Gasteiger partial charge in [-0.05, 0) is 56.9 Å². The first-order valence-corrected chi connectivity index (χ1v) is 8.46. The third-order valence-corrected chi connectivity index (χ3v) is 4.90. The third kappa shape index (κ3) is 4.48. The van der Waals surface area contributed by atoms with Crippen molar-refractivity contribution in [2.24, 2.45) is 11.7 Å². The molecule has 2 atom stereocenters. The fourth-order valence-electron chi connectivity index (χ4n) is 3.22. The number of hydrogen-bond acceptors (Lipinski definition) is 3. The Morgan fingerprint density at radius 3 is 2.38 bits per heavy atom. The molecule has 6 heteroatoms. The van der Waals surface area contributed by atoms with Crippen LogP contribution >= 0.6 is 12.4 Å². The van der Waals surface area contributed by atoms with Crippen molar-refractivity contribution in [2.75, 3.05) is 5.32 Å². The number of carbonyl (C=O) groups excluding carboxylic acids is 2. The maximum atomic E-state index is 12.5. The summed E-state index contributed by atoms with van der Waals surface area (Å²) in [4.78, 5) is 24.4. The summed E-state index contributed by atoms with van der Waals surface area (Å²) in [7, 11) is 0. The number of hydrogen-bond donors (Lipinski definition) is 3. The van der Waals surface area contributed by atoms with Gasteiger partial charge in [0, 0.05) is 22.8 Å². The van der Waals surface area contributed by atoms with Gasteiger partial charge in [-0.15, -0.1) is 12.4 Å². The van der Waals surface area contributed by atoms with Crippen molar-refractivity contribution in [1.29, 1.82) is 0 Å². The van der Waals surface area contributed by atoms with Gasteiger partial charge in [0.25, 0.3) is 5.91 Å². The Kier molecular flexibility index (Phi) is 5.88. The molecule has 1 aromatic carbocycles. The van der Waals surface area contributed by atoms with Gasteiger partial charge in [0.15, 0.2) is 0 Å². The molecule has 0 aliphatic heterocycles. The zero-order chi connectivity index (χ0) is 16.4. The topological polar surface area (TPSA) is 84.2 Å². The summed E-state index contributed by atoms with van der Waals surface area (Å²) in [6.45, 7) is 1.96. The van der Waals surface area contributed by atoms with Crippen LogP contribution in [0.4, 0.5) is 5.69 Å². The molecule has 24 heavy (non-hydrogen) atoms. The van der Waals surface area contributed by atoms with Gasteiger partial charge in [-0.2, -0.15) is 0 Å². The first-order chi connectivity index (χ1) is 11.0. The second-order valence-corrected chi connectivity index (χ2v) is 7.12. The number of rotatable bonds is 4. The summed E-state index contributed by atoms with van der Waals surface area (Å²) in [6.07, 6.45) is 5.98. The Bertz CT molecular complexity index is 597. The zero-order valence-corrected chi connectivity index (χ0v) is 14.8. The van der Waals surface area contributed by atoms with Gasteiger partial charge in [0.1, 0.15) is 0 Å². The van der Waals surface area contributed by atoms with Crippen molar-refractivity contribution in [3.05, 3.63) is 29.8 Å². The Morgan fingerprint density at radius 1 is 1.12 bits per heavy atom. The lowest BCUT2D eigenvalue weighted by atomic mass is 9.74. The van der Waals surface area contributed by atoms with Gasteiger partial charge in [-0.3, -0.25) is 9.59 Å². The highest BCUT2D eigenvalue weighted by Gasteiger charge is 2.37. The predicted molar refractivity (Wildman–Crippen MR) is 97.4 cm³/mol. The fourth-order valence-corrected chi connectivity index (χ4v) is 3.22. The molecule has 2 fully saturated rings.